The minimum absolute atomic E-state index is 0.179. The van der Waals surface area contributed by atoms with Gasteiger partial charge in [-0.3, -0.25) is 9.69 Å². The molecule has 1 aliphatic carbocycles. The van der Waals surface area contributed by atoms with Crippen LogP contribution in [0.15, 0.2) is 0 Å². The van der Waals surface area contributed by atoms with E-state index in [-0.39, 0.29) is 5.92 Å². The highest BCUT2D eigenvalue weighted by Crippen LogP contribution is 2.24. The Hall–Kier alpha value is -0.370. The summed E-state index contributed by atoms with van der Waals surface area (Å²) in [5, 5.41) is 0. The topological polar surface area (TPSA) is 20.3 Å². The van der Waals surface area contributed by atoms with Crippen LogP contribution >= 0.6 is 0 Å². The Bertz CT molecular complexity index is 195. The first kappa shape index (κ1) is 12.7. The Morgan fingerprint density at radius 1 is 1.27 bits per heavy atom. The molecule has 1 aliphatic rings. The summed E-state index contributed by atoms with van der Waals surface area (Å²) in [6, 6.07) is 0. The van der Waals surface area contributed by atoms with E-state index in [0.717, 1.165) is 12.5 Å². The molecule has 0 amide bonds. The number of nitrogens with zero attached hydrogens (tertiary/aromatic N) is 1. The van der Waals surface area contributed by atoms with Crippen LogP contribution in [0.4, 0.5) is 0 Å². The highest BCUT2D eigenvalue weighted by molar-refractivity contribution is 5.82. The van der Waals surface area contributed by atoms with Crippen molar-refractivity contribution in [3.8, 4) is 0 Å². The largest absolute Gasteiger partial charge is 0.299 e. The lowest BCUT2D eigenvalue weighted by molar-refractivity contribution is -0.122. The first-order valence-electron chi connectivity index (χ1n) is 6.31. The average Bonchev–Trinajstić information content (AvgIpc) is 2.18. The summed E-state index contributed by atoms with van der Waals surface area (Å²) in [5.74, 6) is 1.39. The Morgan fingerprint density at radius 2 is 1.87 bits per heavy atom. The van der Waals surface area contributed by atoms with Gasteiger partial charge in [0.25, 0.3) is 0 Å². The molecular formula is C13H25NO. The van der Waals surface area contributed by atoms with Gasteiger partial charge in [0.05, 0.1) is 6.54 Å². The molecule has 0 heterocycles. The summed E-state index contributed by atoms with van der Waals surface area (Å²) >= 11 is 0. The van der Waals surface area contributed by atoms with Crippen molar-refractivity contribution in [2.75, 3.05) is 20.1 Å². The van der Waals surface area contributed by atoms with Crippen molar-refractivity contribution in [3.63, 3.8) is 0 Å². The van der Waals surface area contributed by atoms with E-state index in [4.69, 9.17) is 0 Å². The minimum Gasteiger partial charge on any atom is -0.299 e. The number of carbonyl (C=O) groups excluding carboxylic acids is 1. The smallest absolute Gasteiger partial charge is 0.149 e. The third-order valence-corrected chi connectivity index (χ3v) is 3.36. The summed E-state index contributed by atoms with van der Waals surface area (Å²) in [4.78, 5) is 13.8. The summed E-state index contributed by atoms with van der Waals surface area (Å²) in [7, 11) is 2.08. The van der Waals surface area contributed by atoms with Crippen molar-refractivity contribution < 1.29 is 4.79 Å². The summed E-state index contributed by atoms with van der Waals surface area (Å²) < 4.78 is 0. The molecule has 0 saturated heterocycles. The van der Waals surface area contributed by atoms with Gasteiger partial charge in [-0.15, -0.1) is 0 Å². The van der Waals surface area contributed by atoms with Crippen molar-refractivity contribution in [3.05, 3.63) is 0 Å². The fourth-order valence-corrected chi connectivity index (χ4v) is 2.32. The van der Waals surface area contributed by atoms with Crippen molar-refractivity contribution >= 4 is 5.78 Å². The molecule has 2 heteroatoms. The molecule has 15 heavy (non-hydrogen) atoms. The summed E-state index contributed by atoms with van der Waals surface area (Å²) in [6.07, 6.45) is 6.90. The highest BCUT2D eigenvalue weighted by Gasteiger charge is 2.17. The monoisotopic (exact) mass is 211 g/mol. The van der Waals surface area contributed by atoms with Crippen molar-refractivity contribution in [2.45, 2.75) is 46.0 Å². The minimum atomic E-state index is 0.179. The van der Waals surface area contributed by atoms with Crippen LogP contribution in [-0.4, -0.2) is 30.8 Å². The van der Waals surface area contributed by atoms with Crippen LogP contribution in [-0.2, 0) is 4.79 Å². The van der Waals surface area contributed by atoms with Crippen LogP contribution in [0.1, 0.15) is 46.0 Å². The van der Waals surface area contributed by atoms with E-state index in [0.29, 0.717) is 12.3 Å². The van der Waals surface area contributed by atoms with E-state index in [9.17, 15) is 4.79 Å². The second kappa shape index (κ2) is 6.26. The molecule has 0 aromatic heterocycles. The predicted octanol–water partition coefficient (Wildman–Crippen LogP) is 2.72. The van der Waals surface area contributed by atoms with Crippen LogP contribution in [0.25, 0.3) is 0 Å². The van der Waals surface area contributed by atoms with Gasteiger partial charge in [0.2, 0.25) is 0 Å². The third kappa shape index (κ3) is 4.78. The van der Waals surface area contributed by atoms with Crippen LogP contribution in [0.2, 0.25) is 0 Å². The van der Waals surface area contributed by atoms with E-state index in [2.05, 4.69) is 11.9 Å². The fourth-order valence-electron chi connectivity index (χ4n) is 2.32. The van der Waals surface area contributed by atoms with Gasteiger partial charge in [0.1, 0.15) is 5.78 Å². The van der Waals surface area contributed by atoms with Gasteiger partial charge < -0.3 is 0 Å². The van der Waals surface area contributed by atoms with Gasteiger partial charge in [0.15, 0.2) is 0 Å². The molecule has 1 fully saturated rings. The molecule has 0 radical (unpaired) electrons. The number of ketones is 1. The zero-order chi connectivity index (χ0) is 11.3. The van der Waals surface area contributed by atoms with Crippen molar-refractivity contribution in [1.82, 2.24) is 4.90 Å². The number of Topliss-reactive ketones (excluding diaryl/α,β-unsaturated/α-hetero) is 1. The zero-order valence-corrected chi connectivity index (χ0v) is 10.5. The lowest BCUT2D eigenvalue weighted by atomic mass is 9.89. The van der Waals surface area contributed by atoms with E-state index in [1.807, 2.05) is 13.8 Å². The van der Waals surface area contributed by atoms with Crippen LogP contribution in [0, 0.1) is 11.8 Å². The van der Waals surface area contributed by atoms with E-state index < -0.39 is 0 Å². The Balaban J connectivity index is 2.22. The molecule has 0 spiro atoms. The molecule has 0 atom stereocenters. The van der Waals surface area contributed by atoms with Gasteiger partial charge in [-0.2, -0.15) is 0 Å². The highest BCUT2D eigenvalue weighted by atomic mass is 16.1. The molecule has 0 unspecified atom stereocenters. The Morgan fingerprint density at radius 3 is 2.40 bits per heavy atom. The van der Waals surface area contributed by atoms with Gasteiger partial charge in [0, 0.05) is 12.5 Å². The molecule has 1 saturated carbocycles. The van der Waals surface area contributed by atoms with E-state index in [1.54, 1.807) is 0 Å². The lowest BCUT2D eigenvalue weighted by Crippen LogP contribution is -2.33. The van der Waals surface area contributed by atoms with Gasteiger partial charge in [-0.25, -0.2) is 0 Å². The SMILES string of the molecule is CC(C)C(=O)CN(C)CC1CCCCC1. The molecule has 0 bridgehead atoms. The molecule has 0 aromatic carbocycles. The number of likely N-dealkylation sites (N-methyl/N-ethyl adjacent to an activating group) is 1. The molecule has 1 rings (SSSR count). The number of hydrogen-bond donors (Lipinski definition) is 0. The van der Waals surface area contributed by atoms with Gasteiger partial charge >= 0.3 is 0 Å². The normalized spacial score (nSPS) is 18.7. The Labute approximate surface area is 94.0 Å². The maximum Gasteiger partial charge on any atom is 0.149 e. The van der Waals surface area contributed by atoms with Gasteiger partial charge in [-0.1, -0.05) is 33.1 Å². The first-order valence-corrected chi connectivity index (χ1v) is 6.31. The number of rotatable bonds is 5. The Kier molecular flexibility index (Phi) is 5.30. The molecule has 2 nitrogen and oxygen atoms in total. The van der Waals surface area contributed by atoms with Crippen LogP contribution in [0.5, 0.6) is 0 Å². The standard InChI is InChI=1S/C13H25NO/c1-11(2)13(15)10-14(3)9-12-7-5-4-6-8-12/h11-12H,4-10H2,1-3H3. The molecule has 0 aromatic rings. The molecule has 88 valence electrons. The van der Waals surface area contributed by atoms with Crippen LogP contribution in [0.3, 0.4) is 0 Å². The quantitative estimate of drug-likeness (QED) is 0.697. The average molecular weight is 211 g/mol. The lowest BCUT2D eigenvalue weighted by Gasteiger charge is -2.26. The fraction of sp³-hybridized carbons (Fsp3) is 0.923. The second-order valence-electron chi connectivity index (χ2n) is 5.32. The van der Waals surface area contributed by atoms with E-state index >= 15 is 0 Å². The molecule has 0 aliphatic heterocycles. The van der Waals surface area contributed by atoms with E-state index in [1.165, 1.54) is 32.1 Å². The summed E-state index contributed by atoms with van der Waals surface area (Å²) in [6.45, 7) is 5.71. The predicted molar refractivity (Wildman–Crippen MR) is 63.9 cm³/mol. The maximum absolute atomic E-state index is 11.6. The van der Waals surface area contributed by atoms with Gasteiger partial charge in [-0.05, 0) is 25.8 Å². The number of carbonyl (C=O) groups is 1. The van der Waals surface area contributed by atoms with Crippen molar-refractivity contribution in [1.29, 1.82) is 0 Å². The zero-order valence-electron chi connectivity index (χ0n) is 10.5. The number of hydrogen-bond acceptors (Lipinski definition) is 2. The molecular weight excluding hydrogens is 186 g/mol. The molecule has 0 N–H and O–H groups in total. The first-order chi connectivity index (χ1) is 7.09. The van der Waals surface area contributed by atoms with Crippen molar-refractivity contribution in [2.24, 2.45) is 11.8 Å². The second-order valence-corrected chi connectivity index (χ2v) is 5.32. The third-order valence-electron chi connectivity index (χ3n) is 3.36. The maximum atomic E-state index is 11.6. The van der Waals surface area contributed by atoms with Crippen LogP contribution < -0.4 is 0 Å². The summed E-state index contributed by atoms with van der Waals surface area (Å²) in [5.41, 5.74) is 0.